The molecule has 0 spiro atoms. The molecule has 142 valence electrons. The Balaban J connectivity index is 0.00000312. The van der Waals surface area contributed by atoms with Gasteiger partial charge in [0, 0.05) is 39.8 Å². The molecule has 2 N–H and O–H groups in total. The van der Waals surface area contributed by atoms with Crippen LogP contribution in [0.25, 0.3) is 0 Å². The summed E-state index contributed by atoms with van der Waals surface area (Å²) in [6.07, 6.45) is 0.835. The molecule has 0 amide bonds. The second-order valence-corrected chi connectivity index (χ2v) is 5.54. The Bertz CT molecular complexity index is 496. The second-order valence-electron chi connectivity index (χ2n) is 5.54. The fraction of sp³-hybridized carbons (Fsp3) is 0.588. The normalized spacial score (nSPS) is 15.4. The first-order chi connectivity index (χ1) is 11.8. The predicted octanol–water partition coefficient (Wildman–Crippen LogP) is 1.71. The Morgan fingerprint density at radius 2 is 1.88 bits per heavy atom. The summed E-state index contributed by atoms with van der Waals surface area (Å²) in [6, 6.07) is 6.06. The van der Waals surface area contributed by atoms with Crippen LogP contribution < -0.4 is 15.4 Å². The van der Waals surface area contributed by atoms with Crippen LogP contribution in [0.1, 0.15) is 6.42 Å². The van der Waals surface area contributed by atoms with Crippen LogP contribution in [-0.4, -0.2) is 70.5 Å². The molecule has 0 radical (unpaired) electrons. The number of morpholine rings is 1. The van der Waals surface area contributed by atoms with Crippen LogP contribution in [0.3, 0.4) is 0 Å². The molecule has 2 rings (SSSR count). The van der Waals surface area contributed by atoms with E-state index in [-0.39, 0.29) is 29.8 Å². The van der Waals surface area contributed by atoms with Gasteiger partial charge in [-0.15, -0.1) is 24.0 Å². The molecule has 0 unspecified atom stereocenters. The number of hydrogen-bond donors (Lipinski definition) is 2. The van der Waals surface area contributed by atoms with Crippen LogP contribution in [0.15, 0.2) is 29.3 Å². The van der Waals surface area contributed by atoms with Gasteiger partial charge in [-0.05, 0) is 30.7 Å². The van der Waals surface area contributed by atoms with E-state index in [0.717, 1.165) is 58.3 Å². The van der Waals surface area contributed by atoms with Crippen LogP contribution >= 0.6 is 24.0 Å². The van der Waals surface area contributed by atoms with E-state index in [2.05, 4.69) is 20.5 Å². The van der Waals surface area contributed by atoms with Crippen molar-refractivity contribution in [2.75, 3.05) is 59.6 Å². The summed E-state index contributed by atoms with van der Waals surface area (Å²) in [7, 11) is 1.76. The maximum atomic E-state index is 12.8. The lowest BCUT2D eigenvalue weighted by Gasteiger charge is -2.26. The van der Waals surface area contributed by atoms with E-state index in [1.165, 1.54) is 12.1 Å². The Labute approximate surface area is 166 Å². The minimum Gasteiger partial charge on any atom is -0.494 e. The summed E-state index contributed by atoms with van der Waals surface area (Å²) in [5.41, 5.74) is 0. The van der Waals surface area contributed by atoms with Crippen molar-refractivity contribution in [2.45, 2.75) is 6.42 Å². The van der Waals surface area contributed by atoms with E-state index < -0.39 is 0 Å². The van der Waals surface area contributed by atoms with Gasteiger partial charge < -0.3 is 20.1 Å². The van der Waals surface area contributed by atoms with E-state index in [1.54, 1.807) is 19.2 Å². The summed E-state index contributed by atoms with van der Waals surface area (Å²) in [5.74, 6) is 1.23. The van der Waals surface area contributed by atoms with E-state index in [0.29, 0.717) is 12.4 Å². The highest BCUT2D eigenvalue weighted by molar-refractivity contribution is 14.0. The zero-order chi connectivity index (χ0) is 17.0. The number of nitrogens with zero attached hydrogens (tertiary/aromatic N) is 2. The summed E-state index contributed by atoms with van der Waals surface area (Å²) < 4.78 is 23.7. The van der Waals surface area contributed by atoms with Crippen LogP contribution in [0.5, 0.6) is 5.75 Å². The number of guanidine groups is 1. The first-order valence-electron chi connectivity index (χ1n) is 8.41. The van der Waals surface area contributed by atoms with Crippen molar-refractivity contribution in [3.8, 4) is 5.75 Å². The molecule has 1 heterocycles. The Morgan fingerprint density at radius 3 is 2.56 bits per heavy atom. The number of nitrogens with one attached hydrogen (secondary N) is 2. The minimum atomic E-state index is -0.254. The summed E-state index contributed by atoms with van der Waals surface area (Å²) >= 11 is 0. The molecular formula is C17H28FIN4O2. The molecule has 1 aromatic rings. The quantitative estimate of drug-likeness (QED) is 0.265. The van der Waals surface area contributed by atoms with Gasteiger partial charge >= 0.3 is 0 Å². The zero-order valence-corrected chi connectivity index (χ0v) is 17.0. The molecule has 1 aliphatic rings. The van der Waals surface area contributed by atoms with E-state index in [9.17, 15) is 4.39 Å². The van der Waals surface area contributed by atoms with Crippen molar-refractivity contribution in [1.82, 2.24) is 15.5 Å². The van der Waals surface area contributed by atoms with Crippen LogP contribution in [0.4, 0.5) is 4.39 Å². The van der Waals surface area contributed by atoms with E-state index in [1.807, 2.05) is 0 Å². The maximum Gasteiger partial charge on any atom is 0.191 e. The fourth-order valence-corrected chi connectivity index (χ4v) is 2.38. The van der Waals surface area contributed by atoms with Crippen molar-refractivity contribution >= 4 is 29.9 Å². The lowest BCUT2D eigenvalue weighted by Crippen LogP contribution is -2.44. The topological polar surface area (TPSA) is 58.1 Å². The van der Waals surface area contributed by atoms with Crippen LogP contribution in [-0.2, 0) is 4.74 Å². The Kier molecular flexibility index (Phi) is 11.5. The lowest BCUT2D eigenvalue weighted by atomic mass is 10.3. The summed E-state index contributed by atoms with van der Waals surface area (Å²) in [4.78, 5) is 6.58. The van der Waals surface area contributed by atoms with E-state index >= 15 is 0 Å². The molecule has 0 saturated carbocycles. The van der Waals surface area contributed by atoms with Gasteiger partial charge in [-0.1, -0.05) is 0 Å². The number of rotatable bonds is 8. The van der Waals surface area contributed by atoms with Crippen molar-refractivity contribution < 1.29 is 13.9 Å². The predicted molar refractivity (Wildman–Crippen MR) is 109 cm³/mol. The molecule has 25 heavy (non-hydrogen) atoms. The van der Waals surface area contributed by atoms with Crippen molar-refractivity contribution in [2.24, 2.45) is 4.99 Å². The highest BCUT2D eigenvalue weighted by atomic mass is 127. The molecule has 0 aromatic heterocycles. The number of hydrogen-bond acceptors (Lipinski definition) is 4. The smallest absolute Gasteiger partial charge is 0.191 e. The minimum absolute atomic E-state index is 0. The van der Waals surface area contributed by atoms with Gasteiger partial charge in [-0.3, -0.25) is 9.89 Å². The number of ether oxygens (including phenoxy) is 2. The van der Waals surface area contributed by atoms with Gasteiger partial charge in [0.15, 0.2) is 5.96 Å². The third kappa shape index (κ3) is 9.22. The average Bonchev–Trinajstić information content (AvgIpc) is 2.62. The van der Waals surface area contributed by atoms with Gasteiger partial charge in [0.2, 0.25) is 0 Å². The monoisotopic (exact) mass is 466 g/mol. The highest BCUT2D eigenvalue weighted by Gasteiger charge is 2.09. The standard InChI is InChI=1S/C17H27FN4O2.HI/c1-19-17(21-8-9-22-10-13-23-14-11-22)20-7-2-12-24-16-5-3-15(18)4-6-16;/h3-6H,2,7-14H2,1H3,(H2,19,20,21);1H. The SMILES string of the molecule is CN=C(NCCCOc1ccc(F)cc1)NCCN1CCOCC1.I. The molecule has 6 nitrogen and oxygen atoms in total. The number of benzene rings is 1. The number of halogens is 2. The van der Waals surface area contributed by atoms with Gasteiger partial charge in [0.05, 0.1) is 19.8 Å². The molecule has 1 aromatic carbocycles. The molecule has 0 atom stereocenters. The molecule has 8 heteroatoms. The highest BCUT2D eigenvalue weighted by Crippen LogP contribution is 2.10. The second kappa shape index (κ2) is 13.1. The third-order valence-electron chi connectivity index (χ3n) is 3.74. The maximum absolute atomic E-state index is 12.8. The van der Waals surface area contributed by atoms with Gasteiger partial charge in [0.1, 0.15) is 11.6 Å². The first kappa shape index (κ1) is 21.9. The lowest BCUT2D eigenvalue weighted by molar-refractivity contribution is 0.0389. The third-order valence-corrected chi connectivity index (χ3v) is 3.74. The number of aliphatic imine (C=N–C) groups is 1. The van der Waals surface area contributed by atoms with Crippen molar-refractivity contribution in [3.05, 3.63) is 30.1 Å². The summed E-state index contributed by atoms with van der Waals surface area (Å²) in [6.45, 7) is 6.80. The molecule has 1 aliphatic heterocycles. The Hall–Kier alpha value is -1.13. The molecule has 0 aliphatic carbocycles. The molecule has 0 bridgehead atoms. The Morgan fingerprint density at radius 1 is 1.20 bits per heavy atom. The first-order valence-corrected chi connectivity index (χ1v) is 8.41. The van der Waals surface area contributed by atoms with Crippen molar-refractivity contribution in [1.29, 1.82) is 0 Å². The van der Waals surface area contributed by atoms with Crippen LogP contribution in [0.2, 0.25) is 0 Å². The van der Waals surface area contributed by atoms with Gasteiger partial charge in [-0.25, -0.2) is 4.39 Å². The zero-order valence-electron chi connectivity index (χ0n) is 14.7. The summed E-state index contributed by atoms with van der Waals surface area (Å²) in [5, 5.41) is 6.56. The molecule has 1 saturated heterocycles. The average molecular weight is 466 g/mol. The fourth-order valence-electron chi connectivity index (χ4n) is 2.38. The molecular weight excluding hydrogens is 438 g/mol. The van der Waals surface area contributed by atoms with Crippen molar-refractivity contribution in [3.63, 3.8) is 0 Å². The van der Waals surface area contributed by atoms with E-state index in [4.69, 9.17) is 9.47 Å². The van der Waals surface area contributed by atoms with Gasteiger partial charge in [0.25, 0.3) is 0 Å². The largest absolute Gasteiger partial charge is 0.494 e. The molecule has 1 fully saturated rings. The van der Waals surface area contributed by atoms with Crippen LogP contribution in [0, 0.1) is 5.82 Å². The van der Waals surface area contributed by atoms with Gasteiger partial charge in [-0.2, -0.15) is 0 Å².